The van der Waals surface area contributed by atoms with E-state index >= 15 is 0 Å². The maximum absolute atomic E-state index is 13.8. The Balaban J connectivity index is 1.85. The first-order chi connectivity index (χ1) is 13.9. The number of halogens is 4. The van der Waals surface area contributed by atoms with E-state index < -0.39 is 17.6 Å². The summed E-state index contributed by atoms with van der Waals surface area (Å²) < 4.78 is 55.3. The molecule has 0 bridgehead atoms. The van der Waals surface area contributed by atoms with E-state index in [0.717, 1.165) is 17.7 Å². The second-order valence-electron chi connectivity index (χ2n) is 6.83. The zero-order valence-electron chi connectivity index (χ0n) is 14.9. The van der Waals surface area contributed by atoms with Crippen molar-refractivity contribution in [2.45, 2.75) is 12.7 Å². The van der Waals surface area contributed by atoms with Crippen molar-refractivity contribution in [2.75, 3.05) is 0 Å². The Hall–Kier alpha value is -3.48. The van der Waals surface area contributed by atoms with Gasteiger partial charge in [-0.2, -0.15) is 13.2 Å². The highest BCUT2D eigenvalue weighted by atomic mass is 19.4. The number of hydrogen-bond acceptors (Lipinski definition) is 2. The van der Waals surface area contributed by atoms with Crippen LogP contribution in [0.1, 0.15) is 11.1 Å². The van der Waals surface area contributed by atoms with Crippen LogP contribution >= 0.6 is 0 Å². The molecule has 0 N–H and O–H groups in total. The first-order valence-corrected chi connectivity index (χ1v) is 8.90. The Kier molecular flexibility index (Phi) is 3.81. The third-order valence-electron chi connectivity index (χ3n) is 4.92. The fourth-order valence-electron chi connectivity index (χ4n) is 3.56. The predicted octanol–water partition coefficient (Wildman–Crippen LogP) is 5.90. The standard InChI is InChI=1S/C22H13F4N3/c23-15-7-8-17-16(11-15)20-21(28-17)29(12-13-4-2-1-3-5-13)19-9-6-14(22(24,25)26)10-18(19)27-20/h1-11H,12H2. The normalized spacial score (nSPS) is 12.3. The van der Waals surface area contributed by atoms with Crippen molar-refractivity contribution in [3.05, 3.63) is 83.7 Å². The van der Waals surface area contributed by atoms with Crippen LogP contribution in [0.3, 0.4) is 0 Å². The van der Waals surface area contributed by atoms with E-state index in [1.54, 1.807) is 6.07 Å². The monoisotopic (exact) mass is 395 g/mol. The summed E-state index contributed by atoms with van der Waals surface area (Å²) in [5.74, 6) is 0.0501. The summed E-state index contributed by atoms with van der Waals surface area (Å²) in [4.78, 5) is 9.02. The molecule has 0 radical (unpaired) electrons. The van der Waals surface area contributed by atoms with Crippen molar-refractivity contribution >= 4 is 21.9 Å². The molecule has 5 rings (SSSR count). The van der Waals surface area contributed by atoms with Gasteiger partial charge in [0.05, 0.1) is 22.1 Å². The van der Waals surface area contributed by atoms with Crippen LogP contribution in [0.4, 0.5) is 17.6 Å². The Bertz CT molecular complexity index is 1320. The van der Waals surface area contributed by atoms with Gasteiger partial charge in [-0.05, 0) is 42.0 Å². The number of aromatic nitrogens is 3. The molecule has 0 fully saturated rings. The van der Waals surface area contributed by atoms with E-state index in [1.807, 2.05) is 34.9 Å². The highest BCUT2D eigenvalue weighted by molar-refractivity contribution is 5.97. The van der Waals surface area contributed by atoms with Gasteiger partial charge in [0.25, 0.3) is 0 Å². The summed E-state index contributed by atoms with van der Waals surface area (Å²) in [5.41, 5.74) is 1.81. The van der Waals surface area contributed by atoms with E-state index in [2.05, 4.69) is 9.97 Å². The van der Waals surface area contributed by atoms with Crippen molar-refractivity contribution < 1.29 is 17.6 Å². The molecule has 0 aromatic heterocycles. The molecule has 0 amide bonds. The van der Waals surface area contributed by atoms with Gasteiger partial charge in [0.2, 0.25) is 0 Å². The molecule has 0 aliphatic carbocycles. The van der Waals surface area contributed by atoms with E-state index in [0.29, 0.717) is 34.5 Å². The van der Waals surface area contributed by atoms with Crippen molar-refractivity contribution in [3.8, 4) is 11.5 Å². The Labute approximate surface area is 162 Å². The molecule has 3 aromatic carbocycles. The zero-order chi connectivity index (χ0) is 20.2. The molecule has 2 heterocycles. The van der Waals surface area contributed by atoms with Crippen molar-refractivity contribution in [1.29, 1.82) is 0 Å². The molecule has 3 aromatic rings. The molecule has 0 atom stereocenters. The first-order valence-electron chi connectivity index (χ1n) is 8.90. The molecule has 0 saturated carbocycles. The lowest BCUT2D eigenvalue weighted by Gasteiger charge is -2.17. The average molecular weight is 395 g/mol. The third-order valence-corrected chi connectivity index (χ3v) is 4.92. The second kappa shape index (κ2) is 6.27. The fraction of sp³-hybridized carbons (Fsp3) is 0.0909. The van der Waals surface area contributed by atoms with Gasteiger partial charge in [-0.3, -0.25) is 0 Å². The van der Waals surface area contributed by atoms with Gasteiger partial charge < -0.3 is 4.57 Å². The minimum absolute atomic E-state index is 0.182. The molecular formula is C22H13F4N3. The van der Waals surface area contributed by atoms with Crippen molar-refractivity contribution in [2.24, 2.45) is 0 Å². The maximum atomic E-state index is 13.8. The lowest BCUT2D eigenvalue weighted by molar-refractivity contribution is -0.137. The molecule has 7 heteroatoms. The fourth-order valence-corrected chi connectivity index (χ4v) is 3.56. The number of nitrogens with zero attached hydrogens (tertiary/aromatic N) is 3. The van der Waals surface area contributed by atoms with Crippen LogP contribution in [-0.4, -0.2) is 14.5 Å². The van der Waals surface area contributed by atoms with E-state index in [-0.39, 0.29) is 5.52 Å². The number of benzene rings is 3. The van der Waals surface area contributed by atoms with E-state index in [9.17, 15) is 17.6 Å². The summed E-state index contributed by atoms with van der Waals surface area (Å²) in [6, 6.07) is 17.2. The number of fused-ring (bicyclic) bond motifs is 4. The highest BCUT2D eigenvalue weighted by Crippen LogP contribution is 2.36. The smallest absolute Gasteiger partial charge is 0.318 e. The van der Waals surface area contributed by atoms with Crippen LogP contribution in [0.15, 0.2) is 66.7 Å². The second-order valence-corrected chi connectivity index (χ2v) is 6.83. The molecule has 144 valence electrons. The van der Waals surface area contributed by atoms with E-state index in [1.165, 1.54) is 18.2 Å². The predicted molar refractivity (Wildman–Crippen MR) is 102 cm³/mol. The molecular weight excluding hydrogens is 382 g/mol. The summed E-state index contributed by atoms with van der Waals surface area (Å²) in [5, 5.41) is 0.473. The van der Waals surface area contributed by atoms with Crippen molar-refractivity contribution in [1.82, 2.24) is 14.5 Å². The van der Waals surface area contributed by atoms with Gasteiger partial charge in [-0.15, -0.1) is 0 Å². The van der Waals surface area contributed by atoms with Gasteiger partial charge in [0.1, 0.15) is 11.5 Å². The first kappa shape index (κ1) is 17.6. The van der Waals surface area contributed by atoms with Gasteiger partial charge in [-0.25, -0.2) is 14.4 Å². The Morgan fingerprint density at radius 2 is 1.62 bits per heavy atom. The number of hydrogen-bond donors (Lipinski definition) is 0. The van der Waals surface area contributed by atoms with Crippen LogP contribution in [0.2, 0.25) is 0 Å². The summed E-state index contributed by atoms with van der Waals surface area (Å²) >= 11 is 0. The van der Waals surface area contributed by atoms with Crippen LogP contribution in [0, 0.1) is 5.82 Å². The van der Waals surface area contributed by atoms with Gasteiger partial charge >= 0.3 is 6.18 Å². The molecule has 0 spiro atoms. The summed E-state index contributed by atoms with van der Waals surface area (Å²) in [6.45, 7) is 0.396. The van der Waals surface area contributed by atoms with Crippen LogP contribution in [0.25, 0.3) is 33.5 Å². The van der Waals surface area contributed by atoms with Gasteiger partial charge in [0, 0.05) is 11.9 Å². The molecule has 2 aliphatic heterocycles. The summed E-state index contributed by atoms with van der Waals surface area (Å²) in [7, 11) is 0. The molecule has 0 unspecified atom stereocenters. The number of alkyl halides is 3. The highest BCUT2D eigenvalue weighted by Gasteiger charge is 2.31. The minimum atomic E-state index is -4.48. The third kappa shape index (κ3) is 2.99. The molecule has 29 heavy (non-hydrogen) atoms. The van der Waals surface area contributed by atoms with Gasteiger partial charge in [-0.1, -0.05) is 30.3 Å². The molecule has 0 saturated heterocycles. The topological polar surface area (TPSA) is 30.7 Å². The van der Waals surface area contributed by atoms with E-state index in [4.69, 9.17) is 0 Å². The average Bonchev–Trinajstić information content (AvgIpc) is 3.05. The largest absolute Gasteiger partial charge is 0.416 e. The summed E-state index contributed by atoms with van der Waals surface area (Å²) in [6.07, 6.45) is -4.48. The van der Waals surface area contributed by atoms with Gasteiger partial charge in [0.15, 0.2) is 5.82 Å². The maximum Gasteiger partial charge on any atom is 0.416 e. The van der Waals surface area contributed by atoms with Crippen molar-refractivity contribution in [3.63, 3.8) is 0 Å². The Morgan fingerprint density at radius 1 is 0.828 bits per heavy atom. The molecule has 3 nitrogen and oxygen atoms in total. The lowest BCUT2D eigenvalue weighted by Crippen LogP contribution is -2.10. The van der Waals surface area contributed by atoms with Crippen LogP contribution in [0.5, 0.6) is 0 Å². The van der Waals surface area contributed by atoms with Crippen LogP contribution < -0.4 is 0 Å². The Morgan fingerprint density at radius 3 is 2.38 bits per heavy atom. The molecule has 2 aliphatic rings. The minimum Gasteiger partial charge on any atom is -0.318 e. The van der Waals surface area contributed by atoms with Crippen LogP contribution in [-0.2, 0) is 12.7 Å². The lowest BCUT2D eigenvalue weighted by atomic mass is 10.1. The zero-order valence-corrected chi connectivity index (χ0v) is 14.9. The quantitative estimate of drug-likeness (QED) is 0.349. The SMILES string of the molecule is Fc1ccc2nc3n(Cc4ccccc4)c4ccc(C(F)(F)F)cc4nc-3c2c1. The number of rotatable bonds is 2.